The molecule has 0 aliphatic carbocycles. The van der Waals surface area contributed by atoms with E-state index in [4.69, 9.17) is 11.6 Å². The number of sulfonamides is 1. The van der Waals surface area contributed by atoms with E-state index >= 15 is 0 Å². The number of rotatable bonds is 5. The summed E-state index contributed by atoms with van der Waals surface area (Å²) in [7, 11) is -4.09. The summed E-state index contributed by atoms with van der Waals surface area (Å²) in [5.41, 5.74) is 0.738. The third-order valence-electron chi connectivity index (χ3n) is 3.62. The molecule has 0 fully saturated rings. The van der Waals surface area contributed by atoms with Gasteiger partial charge in [0.2, 0.25) is 5.13 Å². The van der Waals surface area contributed by atoms with E-state index in [2.05, 4.69) is 19.9 Å². The molecule has 28 heavy (non-hydrogen) atoms. The van der Waals surface area contributed by atoms with Crippen molar-refractivity contribution in [1.29, 1.82) is 0 Å². The molecule has 0 amide bonds. The maximum atomic E-state index is 13.8. The lowest BCUT2D eigenvalue weighted by Gasteiger charge is -2.05. The molecular formula is C17H10ClFN4O2S3. The molecule has 0 unspecified atom stereocenters. The molecule has 0 saturated heterocycles. The minimum atomic E-state index is -4.09. The van der Waals surface area contributed by atoms with E-state index in [-0.39, 0.29) is 5.13 Å². The smallest absolute Gasteiger partial charge is 0.256 e. The molecule has 4 aromatic rings. The van der Waals surface area contributed by atoms with Gasteiger partial charge in [-0.2, -0.15) is 0 Å². The molecule has 0 spiro atoms. The van der Waals surface area contributed by atoms with Crippen LogP contribution in [0.4, 0.5) is 9.52 Å². The van der Waals surface area contributed by atoms with Crippen molar-refractivity contribution >= 4 is 60.8 Å². The van der Waals surface area contributed by atoms with Crippen molar-refractivity contribution in [3.05, 3.63) is 65.6 Å². The first-order chi connectivity index (χ1) is 13.4. The van der Waals surface area contributed by atoms with Crippen molar-refractivity contribution in [2.75, 3.05) is 4.72 Å². The molecule has 0 radical (unpaired) electrons. The van der Waals surface area contributed by atoms with Gasteiger partial charge >= 0.3 is 0 Å². The van der Waals surface area contributed by atoms with Crippen molar-refractivity contribution in [3.63, 3.8) is 0 Å². The van der Waals surface area contributed by atoms with Gasteiger partial charge in [0.25, 0.3) is 10.0 Å². The molecule has 2 aromatic heterocycles. The maximum Gasteiger partial charge on any atom is 0.266 e. The van der Waals surface area contributed by atoms with E-state index in [0.717, 1.165) is 33.2 Å². The zero-order valence-corrected chi connectivity index (χ0v) is 17.0. The topological polar surface area (TPSA) is 84.8 Å². The highest BCUT2D eigenvalue weighted by atomic mass is 35.5. The Kier molecular flexibility index (Phi) is 5.19. The zero-order chi connectivity index (χ0) is 19.7. The Hall–Kier alpha value is -2.27. The van der Waals surface area contributed by atoms with Gasteiger partial charge in [0.1, 0.15) is 10.7 Å². The molecule has 2 aromatic carbocycles. The molecule has 6 nitrogen and oxygen atoms in total. The van der Waals surface area contributed by atoms with Crippen molar-refractivity contribution in [1.82, 2.24) is 15.2 Å². The van der Waals surface area contributed by atoms with Crippen LogP contribution in [0.5, 0.6) is 0 Å². The highest BCUT2D eigenvalue weighted by Gasteiger charge is 2.21. The van der Waals surface area contributed by atoms with E-state index in [0.29, 0.717) is 9.36 Å². The van der Waals surface area contributed by atoms with Gasteiger partial charge in [-0.1, -0.05) is 52.9 Å². The van der Waals surface area contributed by atoms with Crippen LogP contribution in [-0.2, 0) is 10.0 Å². The van der Waals surface area contributed by atoms with Gasteiger partial charge in [0.05, 0.1) is 5.52 Å². The van der Waals surface area contributed by atoms with Gasteiger partial charge in [-0.3, -0.25) is 9.71 Å². The molecule has 0 atom stereocenters. The number of anilines is 1. The van der Waals surface area contributed by atoms with Gasteiger partial charge in [0, 0.05) is 21.5 Å². The van der Waals surface area contributed by atoms with Gasteiger partial charge < -0.3 is 0 Å². The maximum absolute atomic E-state index is 13.8. The Morgan fingerprint density at radius 2 is 1.93 bits per heavy atom. The van der Waals surface area contributed by atoms with Gasteiger partial charge in [-0.05, 0) is 30.3 Å². The number of aromatic nitrogens is 3. The highest BCUT2D eigenvalue weighted by Crippen LogP contribution is 2.36. The second-order valence-corrected chi connectivity index (χ2v) is 9.84. The average molecular weight is 453 g/mol. The molecule has 2 heterocycles. The second kappa shape index (κ2) is 7.63. The van der Waals surface area contributed by atoms with Crippen molar-refractivity contribution in [2.45, 2.75) is 14.1 Å². The number of benzene rings is 2. The summed E-state index contributed by atoms with van der Waals surface area (Å²) in [4.78, 5) is 4.71. The number of nitrogens with one attached hydrogen (secondary N) is 1. The van der Waals surface area contributed by atoms with Crippen molar-refractivity contribution < 1.29 is 12.8 Å². The summed E-state index contributed by atoms with van der Waals surface area (Å²) in [6.45, 7) is 0. The fraction of sp³-hybridized carbons (Fsp3) is 0. The third kappa shape index (κ3) is 3.95. The van der Waals surface area contributed by atoms with E-state index < -0.39 is 20.7 Å². The summed E-state index contributed by atoms with van der Waals surface area (Å²) >= 11 is 8.37. The molecule has 11 heteroatoms. The molecule has 0 saturated carbocycles. The van der Waals surface area contributed by atoms with Crippen LogP contribution >= 0.6 is 34.7 Å². The summed E-state index contributed by atoms with van der Waals surface area (Å²) < 4.78 is 41.3. The van der Waals surface area contributed by atoms with Crippen LogP contribution in [0.1, 0.15) is 0 Å². The lowest BCUT2D eigenvalue weighted by Crippen LogP contribution is -2.14. The van der Waals surface area contributed by atoms with Crippen molar-refractivity contribution in [2.24, 2.45) is 0 Å². The monoisotopic (exact) mass is 452 g/mol. The summed E-state index contributed by atoms with van der Waals surface area (Å²) in [6, 6.07) is 12.3. The molecular weight excluding hydrogens is 443 g/mol. The van der Waals surface area contributed by atoms with Crippen LogP contribution in [0.25, 0.3) is 10.9 Å². The number of pyridine rings is 1. The summed E-state index contributed by atoms with van der Waals surface area (Å²) in [5, 5.41) is 9.37. The fourth-order valence-corrected chi connectivity index (χ4v) is 5.71. The van der Waals surface area contributed by atoms with Crippen LogP contribution in [0.2, 0.25) is 5.02 Å². The quantitative estimate of drug-likeness (QED) is 0.466. The molecule has 142 valence electrons. The predicted octanol–water partition coefficient (Wildman–Crippen LogP) is 4.83. The SMILES string of the molecule is O=S(=O)(Nc1nnc(Sc2ccnc3cc(Cl)ccc23)s1)c1ccccc1F. The van der Waals surface area contributed by atoms with Crippen LogP contribution in [0.3, 0.4) is 0 Å². The Morgan fingerprint density at radius 1 is 1.11 bits per heavy atom. The van der Waals surface area contributed by atoms with Crippen LogP contribution < -0.4 is 4.72 Å². The Morgan fingerprint density at radius 3 is 2.75 bits per heavy atom. The molecule has 0 aliphatic heterocycles. The van der Waals surface area contributed by atoms with Crippen LogP contribution in [-0.4, -0.2) is 23.6 Å². The zero-order valence-electron chi connectivity index (χ0n) is 13.8. The Bertz CT molecular complexity index is 1280. The minimum Gasteiger partial charge on any atom is -0.256 e. The minimum absolute atomic E-state index is 0.0483. The lowest BCUT2D eigenvalue weighted by molar-refractivity contribution is 0.570. The standard InChI is InChI=1S/C17H10ClFN4O2S3/c18-10-5-6-11-13(9-10)20-8-7-14(11)26-17-22-21-16(27-17)23-28(24,25)15-4-2-1-3-12(15)19/h1-9H,(H,21,23). The van der Waals surface area contributed by atoms with E-state index in [1.807, 2.05) is 12.1 Å². The Labute approximate surface area is 172 Å². The first-order valence-electron chi connectivity index (χ1n) is 7.75. The predicted molar refractivity (Wildman–Crippen MR) is 108 cm³/mol. The van der Waals surface area contributed by atoms with Crippen molar-refractivity contribution in [3.8, 4) is 0 Å². The van der Waals surface area contributed by atoms with Gasteiger partial charge in [-0.15, -0.1) is 10.2 Å². The highest BCUT2D eigenvalue weighted by molar-refractivity contribution is 8.01. The van der Waals surface area contributed by atoms with Gasteiger partial charge in [-0.25, -0.2) is 12.8 Å². The van der Waals surface area contributed by atoms with E-state index in [1.54, 1.807) is 18.3 Å². The average Bonchev–Trinajstić information content (AvgIpc) is 3.08. The molecule has 0 bridgehead atoms. The molecule has 4 rings (SSSR count). The normalized spacial score (nSPS) is 11.6. The van der Waals surface area contributed by atoms with Crippen LogP contribution in [0, 0.1) is 5.82 Å². The fourth-order valence-electron chi connectivity index (χ4n) is 2.40. The number of hydrogen-bond donors (Lipinski definition) is 1. The number of hydrogen-bond acceptors (Lipinski definition) is 7. The van der Waals surface area contributed by atoms with Crippen LogP contribution in [0.15, 0.2) is 68.9 Å². The first-order valence-corrected chi connectivity index (χ1v) is 11.2. The third-order valence-corrected chi connectivity index (χ3v) is 7.32. The lowest BCUT2D eigenvalue weighted by atomic mass is 10.2. The summed E-state index contributed by atoms with van der Waals surface area (Å²) in [6.07, 6.45) is 1.66. The van der Waals surface area contributed by atoms with E-state index in [9.17, 15) is 12.8 Å². The van der Waals surface area contributed by atoms with Gasteiger partial charge in [0.15, 0.2) is 4.34 Å². The van der Waals surface area contributed by atoms with E-state index in [1.165, 1.54) is 30.0 Å². The first kappa shape index (κ1) is 19.1. The largest absolute Gasteiger partial charge is 0.266 e. The second-order valence-electron chi connectivity index (χ2n) is 5.48. The molecule has 0 aliphatic rings. The number of halogens is 2. The number of fused-ring (bicyclic) bond motifs is 1. The number of nitrogens with zero attached hydrogens (tertiary/aromatic N) is 3. The summed E-state index contributed by atoms with van der Waals surface area (Å²) in [5.74, 6) is -0.837. The molecule has 1 N–H and O–H groups in total. The Balaban J connectivity index is 1.58.